The van der Waals surface area contributed by atoms with E-state index in [1.165, 1.54) is 6.07 Å². The number of carbonyl (C=O) groups is 1. The molecule has 1 amide bonds. The van der Waals surface area contributed by atoms with Gasteiger partial charge in [-0.05, 0) is 38.8 Å². The molecule has 1 saturated carbocycles. The first-order valence-corrected chi connectivity index (χ1v) is 7.50. The molecule has 1 heterocycles. The van der Waals surface area contributed by atoms with Gasteiger partial charge in [-0.3, -0.25) is 9.48 Å². The Morgan fingerprint density at radius 3 is 2.68 bits per heavy atom. The van der Waals surface area contributed by atoms with Gasteiger partial charge in [-0.1, -0.05) is 18.2 Å². The molecule has 3 rings (SSSR count). The molecule has 0 unspecified atom stereocenters. The van der Waals surface area contributed by atoms with Crippen molar-refractivity contribution in [2.24, 2.45) is 7.05 Å². The molecule has 1 aliphatic carbocycles. The fraction of sp³-hybridized carbons (Fsp3) is 0.412. The minimum atomic E-state index is -0.806. The molecular formula is C17H20FN3O. The number of nitrogens with zero attached hydrogens (tertiary/aromatic N) is 2. The van der Waals surface area contributed by atoms with Gasteiger partial charge in [0.05, 0.1) is 5.54 Å². The molecule has 5 heteroatoms. The second kappa shape index (κ2) is 5.23. The molecule has 0 spiro atoms. The van der Waals surface area contributed by atoms with Crippen LogP contribution >= 0.6 is 0 Å². The van der Waals surface area contributed by atoms with Crippen molar-refractivity contribution in [3.8, 4) is 0 Å². The highest BCUT2D eigenvalue weighted by atomic mass is 19.1. The van der Waals surface area contributed by atoms with Gasteiger partial charge in [0.15, 0.2) is 0 Å². The molecule has 1 aliphatic rings. The van der Waals surface area contributed by atoms with Crippen LogP contribution in [0.1, 0.15) is 54.4 Å². The molecule has 0 saturated heterocycles. The van der Waals surface area contributed by atoms with E-state index in [9.17, 15) is 9.18 Å². The fourth-order valence-electron chi connectivity index (χ4n) is 2.74. The van der Waals surface area contributed by atoms with Gasteiger partial charge in [-0.2, -0.15) is 5.10 Å². The lowest BCUT2D eigenvalue weighted by Gasteiger charge is -2.26. The number of hydrogen-bond donors (Lipinski definition) is 1. The van der Waals surface area contributed by atoms with Crippen molar-refractivity contribution in [3.63, 3.8) is 0 Å². The Bertz CT molecular complexity index is 716. The summed E-state index contributed by atoms with van der Waals surface area (Å²) in [6, 6.07) is 8.32. The van der Waals surface area contributed by atoms with Crippen LogP contribution in [0.4, 0.5) is 4.39 Å². The molecule has 1 fully saturated rings. The Hall–Kier alpha value is -2.17. The van der Waals surface area contributed by atoms with Crippen LogP contribution in [-0.2, 0) is 12.6 Å². The van der Waals surface area contributed by atoms with Crippen molar-refractivity contribution < 1.29 is 9.18 Å². The van der Waals surface area contributed by atoms with Crippen molar-refractivity contribution in [1.82, 2.24) is 15.1 Å². The van der Waals surface area contributed by atoms with Crippen LogP contribution in [0, 0.1) is 5.82 Å². The topological polar surface area (TPSA) is 46.9 Å². The van der Waals surface area contributed by atoms with Crippen LogP contribution in [0.3, 0.4) is 0 Å². The number of aryl methyl sites for hydroxylation is 1. The van der Waals surface area contributed by atoms with E-state index < -0.39 is 5.54 Å². The summed E-state index contributed by atoms with van der Waals surface area (Å²) >= 11 is 0. The van der Waals surface area contributed by atoms with Crippen molar-refractivity contribution in [3.05, 3.63) is 53.1 Å². The lowest BCUT2D eigenvalue weighted by atomic mass is 9.93. The molecular weight excluding hydrogens is 281 g/mol. The van der Waals surface area contributed by atoms with Gasteiger partial charge in [0.25, 0.3) is 5.91 Å². The van der Waals surface area contributed by atoms with Crippen molar-refractivity contribution in [2.45, 2.75) is 38.1 Å². The van der Waals surface area contributed by atoms with Gasteiger partial charge in [0, 0.05) is 24.2 Å². The standard InChI is InChI=1S/C17H20FN3O/c1-17(2,12-6-4-5-7-13(12)18)19-16(22)14-10-15(11-8-9-11)21(3)20-14/h4-7,10-11H,8-9H2,1-3H3,(H,19,22). The third-order valence-electron chi connectivity index (χ3n) is 4.12. The molecule has 0 atom stereocenters. The van der Waals surface area contributed by atoms with Crippen LogP contribution in [0.15, 0.2) is 30.3 Å². The summed E-state index contributed by atoms with van der Waals surface area (Å²) in [6.45, 7) is 3.57. The van der Waals surface area contributed by atoms with E-state index in [4.69, 9.17) is 0 Å². The van der Waals surface area contributed by atoms with E-state index >= 15 is 0 Å². The van der Waals surface area contributed by atoms with E-state index in [2.05, 4.69) is 10.4 Å². The first-order chi connectivity index (χ1) is 10.4. The summed E-state index contributed by atoms with van der Waals surface area (Å²) in [6.07, 6.45) is 2.31. The summed E-state index contributed by atoms with van der Waals surface area (Å²) in [5, 5.41) is 7.16. The first kappa shape index (κ1) is 14.8. The number of aromatic nitrogens is 2. The molecule has 1 aromatic carbocycles. The molecule has 2 aromatic rings. The molecule has 1 aromatic heterocycles. The normalized spacial score (nSPS) is 14.9. The first-order valence-electron chi connectivity index (χ1n) is 7.50. The fourth-order valence-corrected chi connectivity index (χ4v) is 2.74. The Morgan fingerprint density at radius 1 is 1.36 bits per heavy atom. The van der Waals surface area contributed by atoms with Gasteiger partial charge in [-0.15, -0.1) is 0 Å². The van der Waals surface area contributed by atoms with E-state index in [1.54, 1.807) is 36.7 Å². The number of amides is 1. The van der Waals surface area contributed by atoms with E-state index in [-0.39, 0.29) is 11.7 Å². The van der Waals surface area contributed by atoms with Crippen LogP contribution < -0.4 is 5.32 Å². The maximum Gasteiger partial charge on any atom is 0.272 e. The smallest absolute Gasteiger partial charge is 0.272 e. The molecule has 0 radical (unpaired) electrons. The highest BCUT2D eigenvalue weighted by Crippen LogP contribution is 2.40. The van der Waals surface area contributed by atoms with Gasteiger partial charge < -0.3 is 5.32 Å². The van der Waals surface area contributed by atoms with Gasteiger partial charge in [-0.25, -0.2) is 4.39 Å². The Morgan fingerprint density at radius 2 is 2.05 bits per heavy atom. The van der Waals surface area contributed by atoms with E-state index in [0.717, 1.165) is 18.5 Å². The number of hydrogen-bond acceptors (Lipinski definition) is 2. The minimum Gasteiger partial charge on any atom is -0.342 e. The maximum absolute atomic E-state index is 13.9. The third-order valence-corrected chi connectivity index (χ3v) is 4.12. The highest BCUT2D eigenvalue weighted by molar-refractivity contribution is 5.93. The number of benzene rings is 1. The summed E-state index contributed by atoms with van der Waals surface area (Å²) in [5.41, 5.74) is 1.13. The summed E-state index contributed by atoms with van der Waals surface area (Å²) < 4.78 is 15.7. The predicted octanol–water partition coefficient (Wildman–Crippen LogP) is 3.10. The SMILES string of the molecule is Cn1nc(C(=O)NC(C)(C)c2ccccc2F)cc1C1CC1. The lowest BCUT2D eigenvalue weighted by Crippen LogP contribution is -2.41. The van der Waals surface area contributed by atoms with Crippen LogP contribution in [0.2, 0.25) is 0 Å². The molecule has 1 N–H and O–H groups in total. The van der Waals surface area contributed by atoms with E-state index in [0.29, 0.717) is 17.2 Å². The van der Waals surface area contributed by atoms with E-state index in [1.807, 2.05) is 13.1 Å². The zero-order valence-electron chi connectivity index (χ0n) is 13.1. The molecule has 22 heavy (non-hydrogen) atoms. The average Bonchev–Trinajstić information content (AvgIpc) is 3.21. The predicted molar refractivity (Wildman–Crippen MR) is 82.1 cm³/mol. The van der Waals surface area contributed by atoms with Crippen molar-refractivity contribution in [2.75, 3.05) is 0 Å². The number of nitrogens with one attached hydrogen (secondary N) is 1. The zero-order chi connectivity index (χ0) is 15.9. The zero-order valence-corrected chi connectivity index (χ0v) is 13.1. The van der Waals surface area contributed by atoms with Crippen LogP contribution in [-0.4, -0.2) is 15.7 Å². The molecule has 0 bridgehead atoms. The Kier molecular flexibility index (Phi) is 3.51. The second-order valence-corrected chi connectivity index (χ2v) is 6.41. The van der Waals surface area contributed by atoms with Crippen LogP contribution in [0.25, 0.3) is 0 Å². The Labute approximate surface area is 129 Å². The minimum absolute atomic E-state index is 0.282. The molecule has 4 nitrogen and oxygen atoms in total. The van der Waals surface area contributed by atoms with Crippen molar-refractivity contribution >= 4 is 5.91 Å². The summed E-state index contributed by atoms with van der Waals surface area (Å²) in [4.78, 5) is 12.4. The Balaban J connectivity index is 1.81. The molecule has 0 aliphatic heterocycles. The maximum atomic E-state index is 13.9. The molecule has 116 valence electrons. The number of halogens is 1. The van der Waals surface area contributed by atoms with Gasteiger partial charge in [0.2, 0.25) is 0 Å². The largest absolute Gasteiger partial charge is 0.342 e. The number of rotatable bonds is 4. The monoisotopic (exact) mass is 301 g/mol. The quantitative estimate of drug-likeness (QED) is 0.943. The second-order valence-electron chi connectivity index (χ2n) is 6.41. The van der Waals surface area contributed by atoms with Crippen molar-refractivity contribution in [1.29, 1.82) is 0 Å². The summed E-state index contributed by atoms with van der Waals surface area (Å²) in [7, 11) is 1.85. The third kappa shape index (κ3) is 2.75. The number of carbonyl (C=O) groups excluding carboxylic acids is 1. The lowest BCUT2D eigenvalue weighted by molar-refractivity contribution is 0.0905. The van der Waals surface area contributed by atoms with Gasteiger partial charge >= 0.3 is 0 Å². The average molecular weight is 301 g/mol. The summed E-state index contributed by atoms with van der Waals surface area (Å²) in [5.74, 6) is -0.0816. The van der Waals surface area contributed by atoms with Gasteiger partial charge in [0.1, 0.15) is 11.5 Å². The highest BCUT2D eigenvalue weighted by Gasteiger charge is 2.30. The van der Waals surface area contributed by atoms with Crippen LogP contribution in [0.5, 0.6) is 0 Å².